The van der Waals surface area contributed by atoms with Crippen molar-refractivity contribution in [3.05, 3.63) is 34.9 Å². The molecule has 1 aromatic rings. The summed E-state index contributed by atoms with van der Waals surface area (Å²) in [5, 5.41) is 22.1. The number of hydrogen-bond acceptors (Lipinski definition) is 9. The molecule has 1 aromatic carbocycles. The minimum atomic E-state index is -2.76. The van der Waals surface area contributed by atoms with Gasteiger partial charge in [0, 0.05) is 26.1 Å². The van der Waals surface area contributed by atoms with Gasteiger partial charge in [-0.15, -0.1) is 0 Å². The highest BCUT2D eigenvalue weighted by Gasteiger charge is 2.69. The fourth-order valence-corrected chi connectivity index (χ4v) is 6.10. The molecule has 2 saturated carbocycles. The summed E-state index contributed by atoms with van der Waals surface area (Å²) in [4.78, 5) is 80.6. The van der Waals surface area contributed by atoms with Gasteiger partial charge in [0.25, 0.3) is 0 Å². The molecule has 0 heterocycles. The largest absolute Gasteiger partial charge is 0.507 e. The maximum Gasteiger partial charge on any atom is 0.246 e. The topological polar surface area (TPSA) is 175 Å². The average molecular weight is 512 g/mol. The Bertz CT molecular complexity index is 1280. The monoisotopic (exact) mass is 511 g/mol. The molecular weight excluding hydrogens is 482 g/mol. The van der Waals surface area contributed by atoms with Gasteiger partial charge in [-0.25, -0.2) is 0 Å². The third kappa shape index (κ3) is 3.80. The van der Waals surface area contributed by atoms with Gasteiger partial charge in [-0.05, 0) is 56.1 Å². The summed E-state index contributed by atoms with van der Waals surface area (Å²) in [5.74, 6) is -11.3. The first-order valence-corrected chi connectivity index (χ1v) is 11.8. The van der Waals surface area contributed by atoms with Gasteiger partial charge in [0.05, 0.1) is 17.5 Å². The predicted molar refractivity (Wildman–Crippen MR) is 129 cm³/mol. The number of likely N-dealkylation sites (N-methyl/N-ethyl adjacent to an activating group) is 2. The lowest BCUT2D eigenvalue weighted by Gasteiger charge is -2.52. The Balaban J connectivity index is 1.84. The maximum absolute atomic E-state index is 13.8. The Hall–Kier alpha value is -3.70. The first-order chi connectivity index (χ1) is 17.2. The number of amides is 2. The summed E-state index contributed by atoms with van der Waals surface area (Å²) in [6.45, 7) is 0. The van der Waals surface area contributed by atoms with E-state index in [-0.39, 0.29) is 30.1 Å². The van der Waals surface area contributed by atoms with Gasteiger partial charge in [0.2, 0.25) is 11.8 Å². The maximum atomic E-state index is 13.8. The van der Waals surface area contributed by atoms with E-state index in [0.29, 0.717) is 11.1 Å². The number of nitrogens with two attached hydrogens (primary N) is 1. The number of benzene rings is 1. The Morgan fingerprint density at radius 1 is 1.08 bits per heavy atom. The number of phenolic OH excluding ortho intramolecular Hbond substituents is 1. The van der Waals surface area contributed by atoms with Crippen LogP contribution in [0.25, 0.3) is 6.08 Å². The van der Waals surface area contributed by atoms with Crippen LogP contribution in [0.5, 0.6) is 5.75 Å². The smallest absolute Gasteiger partial charge is 0.246 e. The summed E-state index contributed by atoms with van der Waals surface area (Å²) in [7, 11) is 6.21. The van der Waals surface area contributed by atoms with E-state index in [4.69, 9.17) is 5.73 Å². The van der Waals surface area contributed by atoms with Crippen LogP contribution in [0.4, 0.5) is 0 Å². The quantitative estimate of drug-likeness (QED) is 0.337. The third-order valence-corrected chi connectivity index (χ3v) is 7.83. The number of carbonyl (C=O) groups excluding carboxylic acids is 6. The fraction of sp³-hybridized carbons (Fsp3) is 0.462. The lowest BCUT2D eigenvalue weighted by molar-refractivity contribution is -0.181. The van der Waals surface area contributed by atoms with Gasteiger partial charge >= 0.3 is 0 Å². The summed E-state index contributed by atoms with van der Waals surface area (Å²) in [6.07, 6.45) is 2.91. The Kier molecular flexibility index (Phi) is 6.41. The number of nitrogens with zero attached hydrogens (tertiary/aromatic N) is 2. The van der Waals surface area contributed by atoms with Crippen molar-refractivity contribution in [3.63, 3.8) is 0 Å². The fourth-order valence-electron chi connectivity index (χ4n) is 6.10. The molecule has 196 valence electrons. The number of aromatic hydroxyl groups is 1. The van der Waals surface area contributed by atoms with E-state index in [9.17, 15) is 39.0 Å². The SMILES string of the molecule is CN(C)C(=O)/C=C/c1ccc(O)c2c1C[C@H]1C[C@H]3[C@H](N(C)C)C(=O)C(C(N)=O)C(=O)[C@@]3(O)C(=O)C1C2=O. The molecule has 0 aliphatic heterocycles. The number of aliphatic hydroxyl groups is 1. The number of hydrogen-bond donors (Lipinski definition) is 3. The first kappa shape index (κ1) is 26.4. The van der Waals surface area contributed by atoms with Gasteiger partial charge in [-0.2, -0.15) is 0 Å². The number of fused-ring (bicyclic) bond motifs is 3. The minimum absolute atomic E-state index is 0.0423. The van der Waals surface area contributed by atoms with E-state index in [1.165, 1.54) is 42.1 Å². The molecule has 2 unspecified atom stereocenters. The second-order valence-electron chi connectivity index (χ2n) is 10.4. The van der Waals surface area contributed by atoms with Crippen molar-refractivity contribution in [1.29, 1.82) is 0 Å². The average Bonchev–Trinajstić information content (AvgIpc) is 2.80. The van der Waals surface area contributed by atoms with Gasteiger partial charge in [-0.3, -0.25) is 33.7 Å². The number of Topliss-reactive ketones (excluding diaryl/α,β-unsaturated/α-hetero) is 4. The van der Waals surface area contributed by atoms with Crippen LogP contribution in [-0.4, -0.2) is 94.8 Å². The molecule has 2 fully saturated rings. The molecule has 6 atom stereocenters. The van der Waals surface area contributed by atoms with Crippen LogP contribution in [0, 0.1) is 23.7 Å². The number of ketones is 4. The molecule has 3 aliphatic rings. The zero-order valence-corrected chi connectivity index (χ0v) is 20.9. The Labute approximate surface area is 212 Å². The molecule has 37 heavy (non-hydrogen) atoms. The van der Waals surface area contributed by atoms with E-state index >= 15 is 0 Å². The lowest BCUT2D eigenvalue weighted by atomic mass is 9.52. The van der Waals surface area contributed by atoms with Crippen molar-refractivity contribution in [1.82, 2.24) is 9.80 Å². The van der Waals surface area contributed by atoms with E-state index < -0.39 is 64.4 Å². The molecule has 11 nitrogen and oxygen atoms in total. The molecule has 3 aliphatic carbocycles. The van der Waals surface area contributed by atoms with Crippen molar-refractivity contribution < 1.29 is 39.0 Å². The summed E-state index contributed by atoms with van der Waals surface area (Å²) < 4.78 is 0. The van der Waals surface area contributed by atoms with E-state index in [1.807, 2.05) is 0 Å². The predicted octanol–water partition coefficient (Wildman–Crippen LogP) is -1.03. The van der Waals surface area contributed by atoms with Crippen LogP contribution in [0.2, 0.25) is 0 Å². The molecule has 4 rings (SSSR count). The minimum Gasteiger partial charge on any atom is -0.507 e. The van der Waals surface area contributed by atoms with Crippen molar-refractivity contribution in [3.8, 4) is 5.75 Å². The highest BCUT2D eigenvalue weighted by Crippen LogP contribution is 2.51. The standard InChI is InChI=1S/C26H29N3O8/c1-28(2)16(31)8-6-11-5-7-15(30)18-13(11)9-12-10-14-20(29(3)4)22(33)19(25(27)36)24(35)26(14,37)23(34)17(12)21(18)32/h5-8,12,14,17,19-20,30,37H,9-10H2,1-4H3,(H2,27,36)/b8-6+/t12-,14-,17?,19?,20-,26-/m0/s1. The number of carbonyl (C=O) groups is 6. The second kappa shape index (κ2) is 9.00. The summed E-state index contributed by atoms with van der Waals surface area (Å²) in [6, 6.07) is 1.66. The number of phenols is 1. The van der Waals surface area contributed by atoms with Gasteiger partial charge in [0.1, 0.15) is 5.75 Å². The van der Waals surface area contributed by atoms with Gasteiger partial charge in [-0.1, -0.05) is 6.07 Å². The van der Waals surface area contributed by atoms with E-state index in [0.717, 1.165) is 0 Å². The van der Waals surface area contributed by atoms with Crippen LogP contribution in [0.3, 0.4) is 0 Å². The van der Waals surface area contributed by atoms with Crippen molar-refractivity contribution in [2.45, 2.75) is 24.5 Å². The van der Waals surface area contributed by atoms with Crippen molar-refractivity contribution >= 4 is 41.0 Å². The highest BCUT2D eigenvalue weighted by atomic mass is 16.3. The van der Waals surface area contributed by atoms with Crippen LogP contribution in [-0.2, 0) is 30.4 Å². The highest BCUT2D eigenvalue weighted by molar-refractivity contribution is 6.32. The second-order valence-corrected chi connectivity index (χ2v) is 10.4. The lowest BCUT2D eigenvalue weighted by Crippen LogP contribution is -2.74. The normalized spacial score (nSPS) is 31.2. The van der Waals surface area contributed by atoms with Crippen LogP contribution < -0.4 is 5.73 Å². The molecule has 2 amide bonds. The Morgan fingerprint density at radius 3 is 2.30 bits per heavy atom. The molecule has 11 heteroatoms. The summed E-state index contributed by atoms with van der Waals surface area (Å²) >= 11 is 0. The molecule has 0 bridgehead atoms. The molecule has 4 N–H and O–H groups in total. The Morgan fingerprint density at radius 2 is 1.73 bits per heavy atom. The first-order valence-electron chi connectivity index (χ1n) is 11.8. The molecule has 0 saturated heterocycles. The number of primary amides is 1. The van der Waals surface area contributed by atoms with E-state index in [1.54, 1.807) is 20.2 Å². The van der Waals surface area contributed by atoms with Gasteiger partial charge in [0.15, 0.2) is 34.7 Å². The summed E-state index contributed by atoms with van der Waals surface area (Å²) in [5.41, 5.74) is 3.35. The molecule has 0 spiro atoms. The third-order valence-electron chi connectivity index (χ3n) is 7.83. The van der Waals surface area contributed by atoms with Crippen LogP contribution in [0.15, 0.2) is 18.2 Å². The zero-order valence-electron chi connectivity index (χ0n) is 20.9. The molecular formula is C26H29N3O8. The zero-order chi connectivity index (χ0) is 27.6. The van der Waals surface area contributed by atoms with Crippen molar-refractivity contribution in [2.75, 3.05) is 28.2 Å². The van der Waals surface area contributed by atoms with Gasteiger partial charge < -0.3 is 20.8 Å². The molecule has 0 radical (unpaired) electrons. The van der Waals surface area contributed by atoms with Crippen LogP contribution >= 0.6 is 0 Å². The van der Waals surface area contributed by atoms with Crippen LogP contribution in [0.1, 0.15) is 27.9 Å². The number of rotatable bonds is 4. The van der Waals surface area contributed by atoms with Crippen molar-refractivity contribution in [2.24, 2.45) is 29.4 Å². The van der Waals surface area contributed by atoms with E-state index in [2.05, 4.69) is 0 Å². The molecule has 0 aromatic heterocycles.